The van der Waals surface area contributed by atoms with Crippen molar-refractivity contribution in [2.75, 3.05) is 5.32 Å². The summed E-state index contributed by atoms with van der Waals surface area (Å²) in [5.74, 6) is -0.0257. The van der Waals surface area contributed by atoms with E-state index in [4.69, 9.17) is 0 Å². The molecule has 1 heterocycles. The quantitative estimate of drug-likeness (QED) is 0.770. The van der Waals surface area contributed by atoms with E-state index in [1.54, 1.807) is 66.7 Å². The molecule has 3 rings (SSSR count). The van der Waals surface area contributed by atoms with Gasteiger partial charge in [-0.15, -0.1) is 0 Å². The van der Waals surface area contributed by atoms with Crippen LogP contribution in [0.25, 0.3) is 5.69 Å². The molecule has 0 spiro atoms. The minimum Gasteiger partial charge on any atom is -0.339 e. The van der Waals surface area contributed by atoms with Crippen LogP contribution in [0.1, 0.15) is 11.3 Å². The van der Waals surface area contributed by atoms with Gasteiger partial charge in [0.25, 0.3) is 0 Å². The topological polar surface area (TPSA) is 53.6 Å². The van der Waals surface area contributed by atoms with Crippen molar-refractivity contribution < 1.29 is 13.2 Å². The Hall–Kier alpha value is -3.27. The van der Waals surface area contributed by atoms with Crippen molar-refractivity contribution in [1.29, 1.82) is 5.26 Å². The Morgan fingerprint density at radius 3 is 2.08 bits per heavy atom. The van der Waals surface area contributed by atoms with Gasteiger partial charge in [-0.05, 0) is 24.3 Å². The molecule has 1 N–H and O–H groups in total. The van der Waals surface area contributed by atoms with Gasteiger partial charge in [-0.1, -0.05) is 36.4 Å². The average molecular weight is 328 g/mol. The van der Waals surface area contributed by atoms with E-state index in [-0.39, 0.29) is 5.82 Å². The van der Waals surface area contributed by atoms with Crippen molar-refractivity contribution in [2.24, 2.45) is 0 Å². The lowest BCUT2D eigenvalue weighted by atomic mass is 10.2. The first-order valence-corrected chi connectivity index (χ1v) is 6.98. The Morgan fingerprint density at radius 2 is 1.54 bits per heavy atom. The van der Waals surface area contributed by atoms with Gasteiger partial charge >= 0.3 is 6.18 Å². The summed E-state index contributed by atoms with van der Waals surface area (Å²) in [7, 11) is 0. The number of para-hydroxylation sites is 2. The fourth-order valence-electron chi connectivity index (χ4n) is 2.25. The van der Waals surface area contributed by atoms with Crippen LogP contribution in [0.15, 0.2) is 60.7 Å². The van der Waals surface area contributed by atoms with Gasteiger partial charge in [-0.3, -0.25) is 0 Å². The summed E-state index contributed by atoms with van der Waals surface area (Å²) in [6.07, 6.45) is -4.72. The zero-order chi connectivity index (χ0) is 17.2. The predicted octanol–water partition coefficient (Wildman–Crippen LogP) is 4.51. The molecule has 0 unspecified atom stereocenters. The Labute approximate surface area is 135 Å². The second-order valence-electron chi connectivity index (χ2n) is 4.92. The lowest BCUT2D eigenvalue weighted by Gasteiger charge is -2.10. The molecule has 0 fully saturated rings. The molecular weight excluding hydrogens is 317 g/mol. The SMILES string of the molecule is N#Cc1c(C(F)(F)F)nn(-c2ccccc2)c1Nc1ccccc1. The standard InChI is InChI=1S/C17H11F3N4/c18-17(19,20)15-14(11-21)16(22-12-7-3-1-4-8-12)24(23-15)13-9-5-2-6-10-13/h1-10,22H. The minimum absolute atomic E-state index is 0.0257. The van der Waals surface area contributed by atoms with Gasteiger partial charge < -0.3 is 5.32 Å². The lowest BCUT2D eigenvalue weighted by Crippen LogP contribution is -2.08. The molecule has 24 heavy (non-hydrogen) atoms. The van der Waals surface area contributed by atoms with Crippen molar-refractivity contribution >= 4 is 11.5 Å². The first kappa shape index (κ1) is 15.6. The van der Waals surface area contributed by atoms with Crippen molar-refractivity contribution in [1.82, 2.24) is 9.78 Å². The fraction of sp³-hybridized carbons (Fsp3) is 0.0588. The Balaban J connectivity index is 2.21. The van der Waals surface area contributed by atoms with E-state index in [1.807, 2.05) is 0 Å². The molecule has 3 aromatic rings. The van der Waals surface area contributed by atoms with E-state index in [2.05, 4.69) is 10.4 Å². The molecule has 2 aromatic carbocycles. The molecular formula is C17H11F3N4. The molecule has 0 aliphatic carbocycles. The van der Waals surface area contributed by atoms with Crippen LogP contribution in [0.3, 0.4) is 0 Å². The number of hydrogen-bond acceptors (Lipinski definition) is 3. The van der Waals surface area contributed by atoms with Crippen LogP contribution in [-0.2, 0) is 6.18 Å². The van der Waals surface area contributed by atoms with Gasteiger partial charge in [0.15, 0.2) is 11.5 Å². The number of hydrogen-bond donors (Lipinski definition) is 1. The molecule has 0 saturated heterocycles. The molecule has 7 heteroatoms. The third-order valence-electron chi connectivity index (χ3n) is 3.30. The molecule has 120 valence electrons. The molecule has 0 atom stereocenters. The summed E-state index contributed by atoms with van der Waals surface area (Å²) in [5, 5.41) is 15.7. The maximum absolute atomic E-state index is 13.2. The van der Waals surface area contributed by atoms with Gasteiger partial charge in [0.2, 0.25) is 0 Å². The van der Waals surface area contributed by atoms with Crippen LogP contribution in [0.2, 0.25) is 0 Å². The fourth-order valence-corrected chi connectivity index (χ4v) is 2.25. The van der Waals surface area contributed by atoms with Gasteiger partial charge in [0.05, 0.1) is 5.69 Å². The smallest absolute Gasteiger partial charge is 0.339 e. The summed E-state index contributed by atoms with van der Waals surface area (Å²) in [6.45, 7) is 0. The van der Waals surface area contributed by atoms with Gasteiger partial charge in [-0.2, -0.15) is 23.5 Å². The number of alkyl halides is 3. The number of nitrogens with one attached hydrogen (secondary N) is 1. The van der Waals surface area contributed by atoms with Crippen molar-refractivity contribution in [3.8, 4) is 11.8 Å². The van der Waals surface area contributed by atoms with E-state index in [1.165, 1.54) is 0 Å². The summed E-state index contributed by atoms with van der Waals surface area (Å²) in [4.78, 5) is 0. The third kappa shape index (κ3) is 2.94. The van der Waals surface area contributed by atoms with Crippen LogP contribution in [-0.4, -0.2) is 9.78 Å². The summed E-state index contributed by atoms with van der Waals surface area (Å²) < 4.78 is 40.8. The van der Waals surface area contributed by atoms with Crippen LogP contribution < -0.4 is 5.32 Å². The largest absolute Gasteiger partial charge is 0.436 e. The third-order valence-corrected chi connectivity index (χ3v) is 3.30. The molecule has 0 saturated carbocycles. The average Bonchev–Trinajstić information content (AvgIpc) is 2.95. The summed E-state index contributed by atoms with van der Waals surface area (Å²) in [5.41, 5.74) is -0.787. The van der Waals surface area contributed by atoms with Crippen LogP contribution in [0.4, 0.5) is 24.7 Å². The second kappa shape index (κ2) is 6.08. The normalized spacial score (nSPS) is 11.1. The second-order valence-corrected chi connectivity index (χ2v) is 4.92. The van der Waals surface area contributed by atoms with Crippen molar-refractivity contribution in [3.05, 3.63) is 71.9 Å². The van der Waals surface area contributed by atoms with Crippen LogP contribution in [0.5, 0.6) is 0 Å². The number of anilines is 2. The molecule has 1 aromatic heterocycles. The molecule has 0 aliphatic heterocycles. The molecule has 0 radical (unpaired) electrons. The van der Waals surface area contributed by atoms with Crippen LogP contribution >= 0.6 is 0 Å². The number of aromatic nitrogens is 2. The van der Waals surface area contributed by atoms with E-state index in [0.29, 0.717) is 11.4 Å². The highest BCUT2D eigenvalue weighted by atomic mass is 19.4. The van der Waals surface area contributed by atoms with E-state index in [0.717, 1.165) is 4.68 Å². The summed E-state index contributed by atoms with van der Waals surface area (Å²) >= 11 is 0. The maximum Gasteiger partial charge on any atom is 0.436 e. The zero-order valence-electron chi connectivity index (χ0n) is 12.2. The Kier molecular flexibility index (Phi) is 3.96. The van der Waals surface area contributed by atoms with Crippen LogP contribution in [0, 0.1) is 11.3 Å². The van der Waals surface area contributed by atoms with E-state index in [9.17, 15) is 18.4 Å². The Morgan fingerprint density at radius 1 is 0.958 bits per heavy atom. The number of halogens is 3. The summed E-state index contributed by atoms with van der Waals surface area (Å²) in [6, 6.07) is 18.6. The highest BCUT2D eigenvalue weighted by molar-refractivity contribution is 5.67. The molecule has 0 bridgehead atoms. The van der Waals surface area contributed by atoms with Crippen molar-refractivity contribution in [3.63, 3.8) is 0 Å². The van der Waals surface area contributed by atoms with Crippen molar-refractivity contribution in [2.45, 2.75) is 6.18 Å². The van der Waals surface area contributed by atoms with E-state index >= 15 is 0 Å². The number of benzene rings is 2. The highest BCUT2D eigenvalue weighted by Crippen LogP contribution is 2.36. The maximum atomic E-state index is 13.2. The molecule has 0 amide bonds. The number of rotatable bonds is 3. The zero-order valence-corrected chi connectivity index (χ0v) is 12.2. The first-order valence-electron chi connectivity index (χ1n) is 6.98. The minimum atomic E-state index is -4.72. The first-order chi connectivity index (χ1) is 11.5. The highest BCUT2D eigenvalue weighted by Gasteiger charge is 2.40. The molecule has 4 nitrogen and oxygen atoms in total. The van der Waals surface area contributed by atoms with Gasteiger partial charge in [0.1, 0.15) is 11.6 Å². The predicted molar refractivity (Wildman–Crippen MR) is 83.0 cm³/mol. The number of nitrogens with zero attached hydrogens (tertiary/aromatic N) is 3. The van der Waals surface area contributed by atoms with E-state index < -0.39 is 17.4 Å². The van der Waals surface area contributed by atoms with Gasteiger partial charge in [0, 0.05) is 5.69 Å². The van der Waals surface area contributed by atoms with Gasteiger partial charge in [-0.25, -0.2) is 4.68 Å². The lowest BCUT2D eigenvalue weighted by molar-refractivity contribution is -0.141. The molecule has 0 aliphatic rings. The monoisotopic (exact) mass is 328 g/mol. The number of nitriles is 1. The Bertz CT molecular complexity index is 878.